The second-order valence-electron chi connectivity index (χ2n) is 5.60. The Morgan fingerprint density at radius 2 is 2.13 bits per heavy atom. The average Bonchev–Trinajstić information content (AvgIpc) is 2.94. The van der Waals surface area contributed by atoms with Crippen molar-refractivity contribution in [3.05, 3.63) is 48.6 Å². The summed E-state index contributed by atoms with van der Waals surface area (Å²) in [5, 5.41) is 9.82. The summed E-state index contributed by atoms with van der Waals surface area (Å²) in [6.45, 7) is 4.11. The summed E-state index contributed by atoms with van der Waals surface area (Å²) in [7, 11) is 1.69. The molecule has 124 valence electrons. The lowest BCUT2D eigenvalue weighted by molar-refractivity contribution is -0.134. The largest absolute Gasteiger partial charge is 0.445 e. The monoisotopic (exact) mass is 318 g/mol. The summed E-state index contributed by atoms with van der Waals surface area (Å²) in [4.78, 5) is 27.5. The predicted octanol–water partition coefficient (Wildman–Crippen LogP) is 1.40. The molecule has 1 fully saturated rings. The van der Waals surface area contributed by atoms with E-state index in [9.17, 15) is 14.7 Å². The summed E-state index contributed by atoms with van der Waals surface area (Å²) < 4.78 is 4.99. The lowest BCUT2D eigenvalue weighted by Crippen LogP contribution is -2.46. The van der Waals surface area contributed by atoms with Gasteiger partial charge in [-0.1, -0.05) is 43.0 Å². The van der Waals surface area contributed by atoms with E-state index in [2.05, 4.69) is 6.58 Å². The molecule has 23 heavy (non-hydrogen) atoms. The number of carbonyl (C=O) groups is 2. The fourth-order valence-corrected chi connectivity index (χ4v) is 2.65. The Labute approximate surface area is 136 Å². The van der Waals surface area contributed by atoms with Crippen LogP contribution in [-0.2, 0) is 16.1 Å². The Morgan fingerprint density at radius 3 is 2.78 bits per heavy atom. The minimum atomic E-state index is -0.717. The van der Waals surface area contributed by atoms with Crippen molar-refractivity contribution in [1.82, 2.24) is 9.80 Å². The third-order valence-corrected chi connectivity index (χ3v) is 3.76. The predicted molar refractivity (Wildman–Crippen MR) is 85.6 cm³/mol. The first-order valence-electron chi connectivity index (χ1n) is 7.54. The normalized spacial score (nSPS) is 20.2. The highest BCUT2D eigenvalue weighted by atomic mass is 16.6. The molecule has 0 radical (unpaired) electrons. The van der Waals surface area contributed by atoms with Crippen molar-refractivity contribution in [2.45, 2.75) is 25.1 Å². The van der Waals surface area contributed by atoms with Crippen molar-refractivity contribution in [1.29, 1.82) is 0 Å². The first-order chi connectivity index (χ1) is 11.0. The molecule has 0 saturated carbocycles. The smallest absolute Gasteiger partial charge is 0.410 e. The van der Waals surface area contributed by atoms with Crippen LogP contribution in [-0.4, -0.2) is 59.3 Å². The molecule has 0 spiro atoms. The zero-order valence-electron chi connectivity index (χ0n) is 13.2. The number of nitrogens with zero attached hydrogens (tertiary/aromatic N) is 2. The number of aliphatic hydroxyl groups is 1. The summed E-state index contributed by atoms with van der Waals surface area (Å²) in [5.41, 5.74) is 1.00. The van der Waals surface area contributed by atoms with Gasteiger partial charge in [-0.15, -0.1) is 0 Å². The highest BCUT2D eigenvalue weighted by Crippen LogP contribution is 2.21. The molecule has 0 bridgehead atoms. The van der Waals surface area contributed by atoms with Crippen molar-refractivity contribution in [2.75, 3.05) is 20.2 Å². The summed E-state index contributed by atoms with van der Waals surface area (Å²) >= 11 is 0. The van der Waals surface area contributed by atoms with Crippen LogP contribution < -0.4 is 0 Å². The number of benzene rings is 1. The second-order valence-corrected chi connectivity index (χ2v) is 5.60. The van der Waals surface area contributed by atoms with Gasteiger partial charge in [0.05, 0.1) is 12.6 Å². The van der Waals surface area contributed by atoms with Gasteiger partial charge in [-0.2, -0.15) is 0 Å². The number of likely N-dealkylation sites (tertiary alicyclic amines) is 1. The van der Waals surface area contributed by atoms with Gasteiger partial charge in [-0.3, -0.25) is 9.69 Å². The Morgan fingerprint density at radius 1 is 1.43 bits per heavy atom. The lowest BCUT2D eigenvalue weighted by atomic mass is 10.1. The van der Waals surface area contributed by atoms with Crippen LogP contribution in [0, 0.1) is 0 Å². The molecule has 2 rings (SSSR count). The van der Waals surface area contributed by atoms with Crippen LogP contribution in [0.3, 0.4) is 0 Å². The SMILES string of the molecule is C=CCOC(=O)N1CC(O)C[C@H]1C(=O)N(C)Cc1ccccc1. The van der Waals surface area contributed by atoms with Gasteiger partial charge in [0, 0.05) is 20.0 Å². The van der Waals surface area contributed by atoms with E-state index in [-0.39, 0.29) is 25.5 Å². The standard InChI is InChI=1S/C17H22N2O4/c1-3-9-23-17(22)19-12-14(20)10-15(19)16(21)18(2)11-13-7-5-4-6-8-13/h3-8,14-15,20H,1,9-12H2,2H3/t14?,15-/m0/s1. The molecule has 1 aliphatic rings. The third kappa shape index (κ3) is 4.32. The molecule has 1 aromatic carbocycles. The molecule has 1 aliphatic heterocycles. The van der Waals surface area contributed by atoms with Crippen molar-refractivity contribution < 1.29 is 19.4 Å². The molecule has 1 unspecified atom stereocenters. The van der Waals surface area contributed by atoms with Gasteiger partial charge in [0.1, 0.15) is 12.6 Å². The van der Waals surface area contributed by atoms with Crippen LogP contribution in [0.2, 0.25) is 0 Å². The van der Waals surface area contributed by atoms with Gasteiger partial charge < -0.3 is 14.7 Å². The van der Waals surface area contributed by atoms with Gasteiger partial charge in [-0.25, -0.2) is 4.79 Å². The molecule has 0 aliphatic carbocycles. The van der Waals surface area contributed by atoms with Crippen LogP contribution in [0.5, 0.6) is 0 Å². The number of amides is 2. The van der Waals surface area contributed by atoms with Crippen LogP contribution in [0.1, 0.15) is 12.0 Å². The average molecular weight is 318 g/mol. The van der Waals surface area contributed by atoms with Crippen molar-refractivity contribution in [3.63, 3.8) is 0 Å². The number of aliphatic hydroxyl groups excluding tert-OH is 1. The molecule has 1 aromatic rings. The van der Waals surface area contributed by atoms with Crippen LogP contribution >= 0.6 is 0 Å². The first-order valence-corrected chi connectivity index (χ1v) is 7.54. The minimum absolute atomic E-state index is 0.0756. The number of hydrogen-bond donors (Lipinski definition) is 1. The van der Waals surface area contributed by atoms with E-state index in [4.69, 9.17) is 4.74 Å². The van der Waals surface area contributed by atoms with Gasteiger partial charge in [0.2, 0.25) is 5.91 Å². The van der Waals surface area contributed by atoms with E-state index < -0.39 is 18.2 Å². The lowest BCUT2D eigenvalue weighted by Gasteiger charge is -2.27. The van der Waals surface area contributed by atoms with Crippen LogP contribution in [0.15, 0.2) is 43.0 Å². The molecular formula is C17H22N2O4. The number of β-amino-alcohol motifs (C(OH)–C–C–N with tert-alkyl or cyclic N) is 1. The Balaban J connectivity index is 2.03. The number of carbonyl (C=O) groups excluding carboxylic acids is 2. The maximum Gasteiger partial charge on any atom is 0.410 e. The van der Waals surface area contributed by atoms with Gasteiger partial charge in [-0.05, 0) is 5.56 Å². The molecule has 6 heteroatoms. The summed E-state index contributed by atoms with van der Waals surface area (Å²) in [5.74, 6) is -0.207. The van der Waals surface area contributed by atoms with Crippen LogP contribution in [0.25, 0.3) is 0 Å². The maximum atomic E-state index is 12.6. The summed E-state index contributed by atoms with van der Waals surface area (Å²) in [6.07, 6.45) is 0.363. The van der Waals surface area contributed by atoms with E-state index in [1.54, 1.807) is 11.9 Å². The number of likely N-dealkylation sites (N-methyl/N-ethyl adjacent to an activating group) is 1. The van der Waals surface area contributed by atoms with Crippen molar-refractivity contribution in [2.24, 2.45) is 0 Å². The highest BCUT2D eigenvalue weighted by molar-refractivity contribution is 5.86. The Bertz CT molecular complexity index is 561. The molecule has 2 atom stereocenters. The van der Waals surface area contributed by atoms with Gasteiger partial charge in [0.25, 0.3) is 0 Å². The molecule has 2 amide bonds. The van der Waals surface area contributed by atoms with E-state index in [1.807, 2.05) is 30.3 Å². The van der Waals surface area contributed by atoms with E-state index in [0.717, 1.165) is 5.56 Å². The van der Waals surface area contributed by atoms with E-state index >= 15 is 0 Å². The fraction of sp³-hybridized carbons (Fsp3) is 0.412. The van der Waals surface area contributed by atoms with Crippen molar-refractivity contribution >= 4 is 12.0 Å². The first kappa shape index (κ1) is 17.0. The molecule has 0 aromatic heterocycles. The zero-order valence-corrected chi connectivity index (χ0v) is 13.2. The number of rotatable bonds is 5. The maximum absolute atomic E-state index is 12.6. The molecule has 1 heterocycles. The number of ether oxygens (including phenoxy) is 1. The topological polar surface area (TPSA) is 70.1 Å². The van der Waals surface area contributed by atoms with Gasteiger partial charge >= 0.3 is 6.09 Å². The van der Waals surface area contributed by atoms with E-state index in [1.165, 1.54) is 11.0 Å². The molecule has 1 N–H and O–H groups in total. The Hall–Kier alpha value is -2.34. The molecular weight excluding hydrogens is 296 g/mol. The number of hydrogen-bond acceptors (Lipinski definition) is 4. The molecule has 1 saturated heterocycles. The minimum Gasteiger partial charge on any atom is -0.445 e. The summed E-state index contributed by atoms with van der Waals surface area (Å²) in [6, 6.07) is 8.90. The highest BCUT2D eigenvalue weighted by Gasteiger charge is 2.40. The second kappa shape index (κ2) is 7.78. The van der Waals surface area contributed by atoms with Gasteiger partial charge in [0.15, 0.2) is 0 Å². The fourth-order valence-electron chi connectivity index (χ4n) is 2.65. The van der Waals surface area contributed by atoms with E-state index in [0.29, 0.717) is 6.54 Å². The Kier molecular flexibility index (Phi) is 5.76. The van der Waals surface area contributed by atoms with Crippen molar-refractivity contribution in [3.8, 4) is 0 Å². The van der Waals surface area contributed by atoms with Crippen LogP contribution in [0.4, 0.5) is 4.79 Å². The quantitative estimate of drug-likeness (QED) is 0.833. The zero-order chi connectivity index (χ0) is 16.8. The molecule has 6 nitrogen and oxygen atoms in total. The third-order valence-electron chi connectivity index (χ3n) is 3.76.